The lowest BCUT2D eigenvalue weighted by Crippen LogP contribution is -2.37. The number of carbonyl (C=O) groups is 1. The Kier molecular flexibility index (Phi) is 5.39. The van der Waals surface area contributed by atoms with Crippen molar-refractivity contribution in [3.8, 4) is 11.5 Å². The maximum absolute atomic E-state index is 13.7. The minimum absolute atomic E-state index is 0.269. The van der Waals surface area contributed by atoms with Crippen LogP contribution in [0.2, 0.25) is 0 Å². The first-order valence-electron chi connectivity index (χ1n) is 10.6. The van der Waals surface area contributed by atoms with Gasteiger partial charge in [-0.2, -0.15) is 10.2 Å². The van der Waals surface area contributed by atoms with Crippen molar-refractivity contribution in [1.29, 1.82) is 0 Å². The Morgan fingerprint density at radius 2 is 1.82 bits per heavy atom. The molecule has 0 saturated heterocycles. The first kappa shape index (κ1) is 20.9. The van der Waals surface area contributed by atoms with Crippen LogP contribution in [0.25, 0.3) is 22.4 Å². The second-order valence-electron chi connectivity index (χ2n) is 7.69. The van der Waals surface area contributed by atoms with E-state index in [1.54, 1.807) is 29.9 Å². The predicted molar refractivity (Wildman–Crippen MR) is 128 cm³/mol. The van der Waals surface area contributed by atoms with E-state index in [2.05, 4.69) is 10.4 Å². The number of nitrogens with zero attached hydrogens (tertiary/aromatic N) is 5. The maximum Gasteiger partial charge on any atom is 0.280 e. The first-order chi connectivity index (χ1) is 16.0. The lowest BCUT2D eigenvalue weighted by atomic mass is 10.2. The van der Waals surface area contributed by atoms with Crippen LogP contribution in [0.4, 0.5) is 0 Å². The van der Waals surface area contributed by atoms with Gasteiger partial charge in [-0.1, -0.05) is 24.3 Å². The van der Waals surface area contributed by atoms with Crippen LogP contribution < -0.4 is 10.9 Å². The normalized spacial score (nSPS) is 12.2. The van der Waals surface area contributed by atoms with Crippen molar-refractivity contribution < 1.29 is 4.79 Å². The highest BCUT2D eigenvalue weighted by molar-refractivity contribution is 7.09. The van der Waals surface area contributed by atoms with Crippen LogP contribution in [0, 0.1) is 6.92 Å². The molecule has 4 heterocycles. The number of aryl methyl sites for hydroxylation is 1. The fraction of sp³-hybridized carbons (Fsp3) is 0.167. The second kappa shape index (κ2) is 8.51. The van der Waals surface area contributed by atoms with Crippen LogP contribution >= 0.6 is 11.3 Å². The van der Waals surface area contributed by atoms with Gasteiger partial charge < -0.3 is 9.88 Å². The van der Waals surface area contributed by atoms with Gasteiger partial charge in [0.05, 0.1) is 17.9 Å². The molecule has 0 aliphatic heterocycles. The van der Waals surface area contributed by atoms with E-state index in [4.69, 9.17) is 5.10 Å². The minimum atomic E-state index is -0.779. The Labute approximate surface area is 193 Å². The van der Waals surface area contributed by atoms with E-state index in [9.17, 15) is 9.59 Å². The standard InChI is InChI=1S/C24H22N6O2S/c1-16-21-20(23(28-12-6-7-13-28)30(27-21)18-9-4-3-5-10-18)24(32)29(26-16)17(2)22(31)25-15-19-11-8-14-33-19/h3-14,17H,15H2,1-2H3,(H,25,31). The summed E-state index contributed by atoms with van der Waals surface area (Å²) in [6.45, 7) is 3.90. The predicted octanol–water partition coefficient (Wildman–Crippen LogP) is 3.62. The van der Waals surface area contributed by atoms with Gasteiger partial charge >= 0.3 is 0 Å². The minimum Gasteiger partial charge on any atom is -0.349 e. The van der Waals surface area contributed by atoms with Crippen molar-refractivity contribution in [1.82, 2.24) is 29.4 Å². The van der Waals surface area contributed by atoms with Crippen LogP contribution in [0.1, 0.15) is 23.5 Å². The molecule has 5 aromatic rings. The number of thiophene rings is 1. The van der Waals surface area contributed by atoms with Crippen LogP contribution in [-0.4, -0.2) is 30.0 Å². The number of nitrogens with one attached hydrogen (secondary N) is 1. The largest absolute Gasteiger partial charge is 0.349 e. The van der Waals surface area contributed by atoms with E-state index in [0.29, 0.717) is 29.0 Å². The average Bonchev–Trinajstić information content (AvgIpc) is 3.60. The molecule has 0 aliphatic rings. The van der Waals surface area contributed by atoms with E-state index >= 15 is 0 Å². The molecule has 4 aromatic heterocycles. The molecule has 5 rings (SSSR count). The molecule has 0 fully saturated rings. The molecule has 33 heavy (non-hydrogen) atoms. The van der Waals surface area contributed by atoms with Crippen molar-refractivity contribution in [2.75, 3.05) is 0 Å². The molecule has 1 N–H and O–H groups in total. The molecular formula is C24H22N6O2S. The summed E-state index contributed by atoms with van der Waals surface area (Å²) in [5.41, 5.74) is 1.55. The molecule has 1 amide bonds. The van der Waals surface area contributed by atoms with Crippen LogP contribution in [0.5, 0.6) is 0 Å². The van der Waals surface area contributed by atoms with E-state index < -0.39 is 6.04 Å². The first-order valence-corrected chi connectivity index (χ1v) is 11.4. The second-order valence-corrected chi connectivity index (χ2v) is 8.73. The Morgan fingerprint density at radius 3 is 2.52 bits per heavy atom. The van der Waals surface area contributed by atoms with E-state index in [1.165, 1.54) is 4.68 Å². The molecule has 1 aromatic carbocycles. The number of amides is 1. The molecule has 9 heteroatoms. The zero-order valence-electron chi connectivity index (χ0n) is 18.2. The summed E-state index contributed by atoms with van der Waals surface area (Å²) in [6.07, 6.45) is 3.74. The van der Waals surface area contributed by atoms with Gasteiger partial charge in [0.1, 0.15) is 16.9 Å². The highest BCUT2D eigenvalue weighted by atomic mass is 32.1. The number of aromatic nitrogens is 5. The molecule has 0 bridgehead atoms. The topological polar surface area (TPSA) is 86.7 Å². The van der Waals surface area contributed by atoms with Crippen molar-refractivity contribution >= 4 is 28.1 Å². The van der Waals surface area contributed by atoms with Gasteiger partial charge in [-0.3, -0.25) is 9.59 Å². The number of para-hydroxylation sites is 1. The van der Waals surface area contributed by atoms with Gasteiger partial charge in [-0.25, -0.2) is 9.36 Å². The van der Waals surface area contributed by atoms with Crippen molar-refractivity contribution in [3.63, 3.8) is 0 Å². The number of rotatable bonds is 6. The molecule has 1 unspecified atom stereocenters. The monoisotopic (exact) mass is 458 g/mol. The summed E-state index contributed by atoms with van der Waals surface area (Å²) in [5, 5.41) is 14.5. The fourth-order valence-electron chi connectivity index (χ4n) is 3.80. The molecule has 0 spiro atoms. The number of benzene rings is 1. The highest BCUT2D eigenvalue weighted by Crippen LogP contribution is 2.25. The van der Waals surface area contributed by atoms with Gasteiger partial charge in [0, 0.05) is 17.3 Å². The summed E-state index contributed by atoms with van der Waals surface area (Å²) >= 11 is 1.57. The molecule has 0 saturated carbocycles. The summed E-state index contributed by atoms with van der Waals surface area (Å²) in [5.74, 6) is 0.339. The average molecular weight is 459 g/mol. The van der Waals surface area contributed by atoms with Crippen LogP contribution in [0.15, 0.2) is 77.2 Å². The van der Waals surface area contributed by atoms with Gasteiger partial charge in [0.15, 0.2) is 5.82 Å². The number of carbonyl (C=O) groups excluding carboxylic acids is 1. The lowest BCUT2D eigenvalue weighted by Gasteiger charge is -2.15. The number of fused-ring (bicyclic) bond motifs is 1. The summed E-state index contributed by atoms with van der Waals surface area (Å²) < 4.78 is 4.85. The van der Waals surface area contributed by atoms with E-state index in [-0.39, 0.29) is 11.5 Å². The smallest absolute Gasteiger partial charge is 0.280 e. The van der Waals surface area contributed by atoms with Crippen LogP contribution in [0.3, 0.4) is 0 Å². The number of hydrogen-bond donors (Lipinski definition) is 1. The molecule has 166 valence electrons. The summed E-state index contributed by atoms with van der Waals surface area (Å²) in [7, 11) is 0. The Balaban J connectivity index is 1.64. The van der Waals surface area contributed by atoms with Crippen LogP contribution in [-0.2, 0) is 11.3 Å². The Bertz CT molecular complexity index is 1470. The SMILES string of the molecule is Cc1nn(C(C)C(=O)NCc2cccs2)c(=O)c2c(-n3cccc3)n(-c3ccccc3)nc12. The summed E-state index contributed by atoms with van der Waals surface area (Å²) in [4.78, 5) is 27.6. The lowest BCUT2D eigenvalue weighted by molar-refractivity contribution is -0.124. The molecule has 8 nitrogen and oxygen atoms in total. The Morgan fingerprint density at radius 1 is 1.06 bits per heavy atom. The quantitative estimate of drug-likeness (QED) is 0.421. The van der Waals surface area contributed by atoms with Gasteiger partial charge in [-0.05, 0) is 49.6 Å². The van der Waals surface area contributed by atoms with Gasteiger partial charge in [0.2, 0.25) is 5.91 Å². The van der Waals surface area contributed by atoms with Crippen molar-refractivity contribution in [2.45, 2.75) is 26.4 Å². The third kappa shape index (κ3) is 3.76. The third-order valence-electron chi connectivity index (χ3n) is 5.50. The van der Waals surface area contributed by atoms with Gasteiger partial charge in [0.25, 0.3) is 5.56 Å². The number of hydrogen-bond acceptors (Lipinski definition) is 5. The third-order valence-corrected chi connectivity index (χ3v) is 6.37. The molecule has 1 atom stereocenters. The maximum atomic E-state index is 13.7. The zero-order chi connectivity index (χ0) is 22.9. The van der Waals surface area contributed by atoms with Crippen molar-refractivity contribution in [3.05, 3.63) is 93.3 Å². The zero-order valence-corrected chi connectivity index (χ0v) is 19.0. The fourth-order valence-corrected chi connectivity index (χ4v) is 4.44. The van der Waals surface area contributed by atoms with E-state index in [1.807, 2.05) is 76.9 Å². The molecular weight excluding hydrogens is 436 g/mol. The summed E-state index contributed by atoms with van der Waals surface area (Å²) in [6, 6.07) is 16.5. The Hall–Kier alpha value is -3.98. The highest BCUT2D eigenvalue weighted by Gasteiger charge is 2.25. The van der Waals surface area contributed by atoms with Gasteiger partial charge in [-0.15, -0.1) is 11.3 Å². The van der Waals surface area contributed by atoms with Crippen molar-refractivity contribution in [2.24, 2.45) is 0 Å². The molecule has 0 aliphatic carbocycles. The van der Waals surface area contributed by atoms with E-state index in [0.717, 1.165) is 10.6 Å². The molecule has 0 radical (unpaired) electrons.